The number of benzene rings is 3. The average molecular weight is 486 g/mol. The second-order valence-corrected chi connectivity index (χ2v) is 9.07. The molecule has 1 fully saturated rings. The zero-order valence-corrected chi connectivity index (χ0v) is 20.1. The lowest BCUT2D eigenvalue weighted by molar-refractivity contribution is -0.140. The van der Waals surface area contributed by atoms with Crippen molar-refractivity contribution in [2.75, 3.05) is 6.54 Å². The highest BCUT2D eigenvalue weighted by Crippen LogP contribution is 2.31. The van der Waals surface area contributed by atoms with E-state index in [1.807, 2.05) is 54.6 Å². The first-order valence-electron chi connectivity index (χ1n) is 12.2. The molecule has 4 N–H and O–H groups in total. The number of nitrogens with zero attached hydrogens (tertiary/aromatic N) is 1. The predicted octanol–water partition coefficient (Wildman–Crippen LogP) is 4.70. The molecule has 0 atom stereocenters. The van der Waals surface area contributed by atoms with Crippen molar-refractivity contribution in [3.63, 3.8) is 0 Å². The Bertz CT molecular complexity index is 1180. The van der Waals surface area contributed by atoms with E-state index in [1.165, 1.54) is 0 Å². The summed E-state index contributed by atoms with van der Waals surface area (Å²) in [6, 6.07) is 24.2. The minimum absolute atomic E-state index is 0.102. The van der Waals surface area contributed by atoms with Crippen LogP contribution < -0.4 is 16.2 Å². The number of hydrogen-bond acceptors (Lipinski definition) is 5. The quantitative estimate of drug-likeness (QED) is 0.207. The maximum atomic E-state index is 12.6. The maximum Gasteiger partial charge on any atom is 0.338 e. The molecule has 186 valence electrons. The molecular formula is C29H31N3O4. The van der Waals surface area contributed by atoms with Crippen LogP contribution in [-0.2, 0) is 16.1 Å². The Morgan fingerprint density at radius 2 is 1.42 bits per heavy atom. The number of carbonyl (C=O) groups excluding carboxylic acids is 2. The van der Waals surface area contributed by atoms with Crippen LogP contribution >= 0.6 is 0 Å². The number of nitrogens with two attached hydrogens (primary N) is 2. The molecule has 3 aromatic rings. The van der Waals surface area contributed by atoms with Crippen LogP contribution in [0.15, 0.2) is 83.9 Å². The third-order valence-corrected chi connectivity index (χ3v) is 6.45. The van der Waals surface area contributed by atoms with Gasteiger partial charge in [-0.1, -0.05) is 54.6 Å². The van der Waals surface area contributed by atoms with E-state index in [0.717, 1.165) is 42.4 Å². The molecule has 0 unspecified atom stereocenters. The number of esters is 2. The molecule has 0 saturated heterocycles. The predicted molar refractivity (Wildman–Crippen MR) is 139 cm³/mol. The molecule has 0 amide bonds. The largest absolute Gasteiger partial charge is 0.457 e. The molecule has 1 aliphatic carbocycles. The van der Waals surface area contributed by atoms with Crippen LogP contribution in [0.4, 0.5) is 0 Å². The second kappa shape index (κ2) is 12.0. The first kappa shape index (κ1) is 25.0. The van der Waals surface area contributed by atoms with Gasteiger partial charge in [-0.25, -0.2) is 4.79 Å². The van der Waals surface area contributed by atoms with Crippen molar-refractivity contribution in [1.82, 2.24) is 0 Å². The van der Waals surface area contributed by atoms with E-state index in [4.69, 9.17) is 20.9 Å². The monoisotopic (exact) mass is 485 g/mol. The SMILES string of the molecule is NC(N)=NCC1CCC(C(=O)Oc2ccc(-c3ccc(C(=O)OCc4ccccc4)cc3)cc2)CC1. The molecule has 0 spiro atoms. The highest BCUT2D eigenvalue weighted by molar-refractivity contribution is 5.90. The molecule has 0 heterocycles. The van der Waals surface area contributed by atoms with Crippen LogP contribution in [0.5, 0.6) is 5.75 Å². The third kappa shape index (κ3) is 6.95. The Labute approximate surface area is 211 Å². The summed E-state index contributed by atoms with van der Waals surface area (Å²) in [5.41, 5.74) is 14.1. The molecule has 7 heteroatoms. The van der Waals surface area contributed by atoms with Gasteiger partial charge in [0.1, 0.15) is 12.4 Å². The Balaban J connectivity index is 1.27. The summed E-state index contributed by atoms with van der Waals surface area (Å²) in [4.78, 5) is 29.0. The summed E-state index contributed by atoms with van der Waals surface area (Å²) >= 11 is 0. The van der Waals surface area contributed by atoms with Crippen molar-refractivity contribution in [3.05, 3.63) is 90.0 Å². The van der Waals surface area contributed by atoms with Crippen LogP contribution in [-0.4, -0.2) is 24.4 Å². The zero-order chi connectivity index (χ0) is 25.3. The summed E-state index contributed by atoms with van der Waals surface area (Å²) in [7, 11) is 0. The Kier molecular flexibility index (Phi) is 8.34. The number of guanidine groups is 1. The highest BCUT2D eigenvalue weighted by Gasteiger charge is 2.27. The van der Waals surface area contributed by atoms with Crippen LogP contribution in [0, 0.1) is 11.8 Å². The molecule has 36 heavy (non-hydrogen) atoms. The zero-order valence-electron chi connectivity index (χ0n) is 20.1. The van der Waals surface area contributed by atoms with Gasteiger partial charge in [0.05, 0.1) is 11.5 Å². The second-order valence-electron chi connectivity index (χ2n) is 9.07. The van der Waals surface area contributed by atoms with Gasteiger partial charge in [0.2, 0.25) is 0 Å². The van der Waals surface area contributed by atoms with E-state index in [2.05, 4.69) is 4.99 Å². The van der Waals surface area contributed by atoms with Gasteiger partial charge < -0.3 is 20.9 Å². The lowest BCUT2D eigenvalue weighted by Gasteiger charge is -2.26. The fraction of sp³-hybridized carbons (Fsp3) is 0.276. The molecule has 3 aromatic carbocycles. The van der Waals surface area contributed by atoms with Crippen LogP contribution in [0.25, 0.3) is 11.1 Å². The smallest absolute Gasteiger partial charge is 0.338 e. The molecule has 7 nitrogen and oxygen atoms in total. The van der Waals surface area contributed by atoms with Gasteiger partial charge in [0.25, 0.3) is 0 Å². The minimum Gasteiger partial charge on any atom is -0.457 e. The molecule has 4 rings (SSSR count). The van der Waals surface area contributed by atoms with Gasteiger partial charge in [0.15, 0.2) is 5.96 Å². The van der Waals surface area contributed by atoms with Gasteiger partial charge >= 0.3 is 11.9 Å². The molecule has 1 aliphatic rings. The standard InChI is InChI=1S/C29H31N3O4/c30-29(31)32-18-20-6-8-25(9-7-20)28(34)36-26-16-14-23(15-17-26)22-10-12-24(13-11-22)27(33)35-19-21-4-2-1-3-5-21/h1-5,10-17,20,25H,6-9,18-19H2,(H4,30,31,32). The number of rotatable bonds is 8. The van der Waals surface area contributed by atoms with Crippen molar-refractivity contribution >= 4 is 17.9 Å². The first-order chi connectivity index (χ1) is 17.5. The summed E-state index contributed by atoms with van der Waals surface area (Å²) in [5, 5.41) is 0. The van der Waals surface area contributed by atoms with Crippen LogP contribution in [0.3, 0.4) is 0 Å². The molecule has 0 bridgehead atoms. The van der Waals surface area contributed by atoms with E-state index in [-0.39, 0.29) is 30.4 Å². The molecule has 0 radical (unpaired) electrons. The lowest BCUT2D eigenvalue weighted by Crippen LogP contribution is -2.28. The van der Waals surface area contributed by atoms with Crippen molar-refractivity contribution in [3.8, 4) is 16.9 Å². The van der Waals surface area contributed by atoms with Crippen molar-refractivity contribution < 1.29 is 19.1 Å². The van der Waals surface area contributed by atoms with E-state index in [1.54, 1.807) is 24.3 Å². The van der Waals surface area contributed by atoms with Gasteiger partial charge in [-0.2, -0.15) is 0 Å². The summed E-state index contributed by atoms with van der Waals surface area (Å²) in [6.07, 6.45) is 3.37. The van der Waals surface area contributed by atoms with Gasteiger partial charge in [0, 0.05) is 6.54 Å². The Morgan fingerprint density at radius 1 is 0.806 bits per heavy atom. The van der Waals surface area contributed by atoms with Gasteiger partial charge in [-0.05, 0) is 72.6 Å². The van der Waals surface area contributed by atoms with Crippen molar-refractivity contribution in [2.45, 2.75) is 32.3 Å². The molecular weight excluding hydrogens is 454 g/mol. The fourth-order valence-corrected chi connectivity index (χ4v) is 4.34. The van der Waals surface area contributed by atoms with E-state index in [0.29, 0.717) is 23.8 Å². The maximum absolute atomic E-state index is 12.6. The molecule has 0 aliphatic heterocycles. The number of carbonyl (C=O) groups is 2. The summed E-state index contributed by atoms with van der Waals surface area (Å²) in [6.45, 7) is 0.850. The van der Waals surface area contributed by atoms with Crippen LogP contribution in [0.1, 0.15) is 41.6 Å². The number of ether oxygens (including phenoxy) is 2. The fourth-order valence-electron chi connectivity index (χ4n) is 4.34. The summed E-state index contributed by atoms with van der Waals surface area (Å²) < 4.78 is 11.0. The van der Waals surface area contributed by atoms with Crippen molar-refractivity contribution in [1.29, 1.82) is 0 Å². The lowest BCUT2D eigenvalue weighted by atomic mass is 9.82. The van der Waals surface area contributed by atoms with E-state index < -0.39 is 0 Å². The topological polar surface area (TPSA) is 117 Å². The third-order valence-electron chi connectivity index (χ3n) is 6.45. The Morgan fingerprint density at radius 3 is 2.03 bits per heavy atom. The molecule has 0 aromatic heterocycles. The minimum atomic E-state index is -0.363. The highest BCUT2D eigenvalue weighted by atomic mass is 16.5. The Hall–Kier alpha value is -4.13. The average Bonchev–Trinajstić information content (AvgIpc) is 2.92. The van der Waals surface area contributed by atoms with E-state index in [9.17, 15) is 9.59 Å². The van der Waals surface area contributed by atoms with Gasteiger partial charge in [-0.15, -0.1) is 0 Å². The number of hydrogen-bond donors (Lipinski definition) is 2. The number of aliphatic imine (C=N–C) groups is 1. The van der Waals surface area contributed by atoms with E-state index >= 15 is 0 Å². The molecule has 1 saturated carbocycles. The van der Waals surface area contributed by atoms with Crippen LogP contribution in [0.2, 0.25) is 0 Å². The van der Waals surface area contributed by atoms with Crippen molar-refractivity contribution in [2.24, 2.45) is 28.3 Å². The normalized spacial score (nSPS) is 17.1. The first-order valence-corrected chi connectivity index (χ1v) is 12.2. The van der Waals surface area contributed by atoms with Gasteiger partial charge in [-0.3, -0.25) is 9.79 Å². The summed E-state index contributed by atoms with van der Waals surface area (Å²) in [5.74, 6) is 0.381.